The molecule has 14 heavy (non-hydrogen) atoms. The van der Waals surface area contributed by atoms with Crippen molar-refractivity contribution >= 4 is 17.4 Å². The Bertz CT molecular complexity index is 396. The highest BCUT2D eigenvalue weighted by atomic mass is 35.5. The van der Waals surface area contributed by atoms with Gasteiger partial charge in [0.15, 0.2) is 5.82 Å². The molecule has 0 atom stereocenters. The molecule has 0 aromatic carbocycles. The largest absolute Gasteiger partial charge is 0.355 e. The molecular formula is C9H12ClN3O. The van der Waals surface area contributed by atoms with Crippen LogP contribution in [0.5, 0.6) is 0 Å². The second kappa shape index (κ2) is 3.61. The molecule has 0 amide bonds. The fourth-order valence-electron chi connectivity index (χ4n) is 1.70. The summed E-state index contributed by atoms with van der Waals surface area (Å²) in [5.41, 5.74) is -0.249. The minimum atomic E-state index is -0.249. The van der Waals surface area contributed by atoms with Gasteiger partial charge in [-0.05, 0) is 19.8 Å². The predicted octanol–water partition coefficient (Wildman–Crippen LogP) is 1.33. The molecule has 76 valence electrons. The average molecular weight is 214 g/mol. The molecule has 0 aliphatic carbocycles. The summed E-state index contributed by atoms with van der Waals surface area (Å²) in [7, 11) is 0. The van der Waals surface area contributed by atoms with E-state index < -0.39 is 0 Å². The number of H-pyrrole nitrogens is 1. The maximum Gasteiger partial charge on any atom is 0.271 e. The zero-order valence-electron chi connectivity index (χ0n) is 8.01. The fourth-order valence-corrected chi connectivity index (χ4v) is 1.90. The smallest absolute Gasteiger partial charge is 0.271 e. The highest BCUT2D eigenvalue weighted by Crippen LogP contribution is 2.22. The summed E-state index contributed by atoms with van der Waals surface area (Å²) in [5, 5.41) is 0.206. The lowest BCUT2D eigenvalue weighted by Crippen LogP contribution is -2.23. The summed E-state index contributed by atoms with van der Waals surface area (Å²) in [6.07, 6.45) is 2.29. The predicted molar refractivity (Wildman–Crippen MR) is 56.1 cm³/mol. The van der Waals surface area contributed by atoms with Crippen LogP contribution >= 0.6 is 11.6 Å². The molecule has 1 saturated heterocycles. The van der Waals surface area contributed by atoms with Crippen molar-refractivity contribution in [1.82, 2.24) is 9.97 Å². The topological polar surface area (TPSA) is 49.0 Å². The molecule has 5 heteroatoms. The summed E-state index contributed by atoms with van der Waals surface area (Å²) in [6, 6.07) is 0. The Morgan fingerprint density at radius 2 is 2.07 bits per heavy atom. The Balaban J connectivity index is 2.45. The number of hydrogen-bond acceptors (Lipinski definition) is 3. The van der Waals surface area contributed by atoms with Crippen molar-refractivity contribution in [3.05, 3.63) is 21.2 Å². The number of halogens is 1. The number of aryl methyl sites for hydroxylation is 1. The maximum absolute atomic E-state index is 11.4. The lowest BCUT2D eigenvalue weighted by molar-refractivity contribution is 0.901. The van der Waals surface area contributed by atoms with Crippen LogP contribution in [0.3, 0.4) is 0 Å². The van der Waals surface area contributed by atoms with Gasteiger partial charge in [0.2, 0.25) is 0 Å². The summed E-state index contributed by atoms with van der Waals surface area (Å²) in [6.45, 7) is 3.64. The van der Waals surface area contributed by atoms with E-state index in [0.717, 1.165) is 25.9 Å². The van der Waals surface area contributed by atoms with Gasteiger partial charge in [0.25, 0.3) is 5.56 Å². The Morgan fingerprint density at radius 3 is 2.71 bits per heavy atom. The van der Waals surface area contributed by atoms with Crippen molar-refractivity contribution in [3.63, 3.8) is 0 Å². The summed E-state index contributed by atoms with van der Waals surface area (Å²) in [5.74, 6) is 1.24. The number of aromatic nitrogens is 2. The number of nitrogens with one attached hydrogen (secondary N) is 1. The number of hydrogen-bond donors (Lipinski definition) is 1. The Hall–Kier alpha value is -1.03. The first kappa shape index (κ1) is 9.52. The molecule has 2 rings (SSSR count). The second-order valence-corrected chi connectivity index (χ2v) is 3.86. The highest BCUT2D eigenvalue weighted by molar-refractivity contribution is 6.32. The van der Waals surface area contributed by atoms with Crippen LogP contribution in [-0.4, -0.2) is 23.1 Å². The molecule has 1 aromatic rings. The molecule has 1 N–H and O–H groups in total. The minimum absolute atomic E-state index is 0.206. The van der Waals surface area contributed by atoms with Crippen LogP contribution in [0.25, 0.3) is 0 Å². The molecular weight excluding hydrogens is 202 g/mol. The van der Waals surface area contributed by atoms with E-state index in [2.05, 4.69) is 14.9 Å². The van der Waals surface area contributed by atoms with Crippen LogP contribution in [-0.2, 0) is 0 Å². The van der Waals surface area contributed by atoms with Crippen molar-refractivity contribution in [2.24, 2.45) is 0 Å². The van der Waals surface area contributed by atoms with Gasteiger partial charge in [0, 0.05) is 13.1 Å². The van der Waals surface area contributed by atoms with Gasteiger partial charge in [-0.1, -0.05) is 11.6 Å². The van der Waals surface area contributed by atoms with Crippen molar-refractivity contribution < 1.29 is 0 Å². The number of nitrogens with zero attached hydrogens (tertiary/aromatic N) is 2. The van der Waals surface area contributed by atoms with Gasteiger partial charge in [-0.25, -0.2) is 4.98 Å². The van der Waals surface area contributed by atoms with Gasteiger partial charge in [0.05, 0.1) is 0 Å². The Labute approximate surface area is 86.9 Å². The van der Waals surface area contributed by atoms with E-state index in [1.54, 1.807) is 6.92 Å². The molecule has 0 unspecified atom stereocenters. The van der Waals surface area contributed by atoms with Crippen molar-refractivity contribution in [2.45, 2.75) is 19.8 Å². The molecule has 0 spiro atoms. The number of rotatable bonds is 1. The first-order valence-electron chi connectivity index (χ1n) is 4.70. The third kappa shape index (κ3) is 1.62. The SMILES string of the molecule is Cc1nc(N2CCCC2)c(Cl)c(=O)[nH]1. The first-order valence-corrected chi connectivity index (χ1v) is 5.07. The van der Waals surface area contributed by atoms with E-state index >= 15 is 0 Å². The molecule has 4 nitrogen and oxygen atoms in total. The van der Waals surface area contributed by atoms with Crippen molar-refractivity contribution in [1.29, 1.82) is 0 Å². The van der Waals surface area contributed by atoms with Crippen LogP contribution in [0.2, 0.25) is 5.02 Å². The molecule has 0 radical (unpaired) electrons. The molecule has 1 fully saturated rings. The van der Waals surface area contributed by atoms with Crippen LogP contribution in [0.4, 0.5) is 5.82 Å². The number of aromatic amines is 1. The van der Waals surface area contributed by atoms with Gasteiger partial charge in [-0.15, -0.1) is 0 Å². The standard InChI is InChI=1S/C9H12ClN3O/c1-6-11-8(7(10)9(14)12-6)13-4-2-3-5-13/h2-5H2,1H3,(H,11,12,14). The van der Waals surface area contributed by atoms with E-state index in [1.165, 1.54) is 0 Å². The quantitative estimate of drug-likeness (QED) is 0.766. The van der Waals surface area contributed by atoms with Gasteiger partial charge < -0.3 is 9.88 Å². The lowest BCUT2D eigenvalue weighted by atomic mass is 10.4. The minimum Gasteiger partial charge on any atom is -0.355 e. The van der Waals surface area contributed by atoms with Crippen LogP contribution in [0.15, 0.2) is 4.79 Å². The summed E-state index contributed by atoms with van der Waals surface area (Å²) >= 11 is 5.90. The van der Waals surface area contributed by atoms with E-state index in [4.69, 9.17) is 11.6 Å². The third-order valence-corrected chi connectivity index (χ3v) is 2.71. The normalized spacial score (nSPS) is 16.3. The molecule has 0 bridgehead atoms. The highest BCUT2D eigenvalue weighted by Gasteiger charge is 2.18. The fraction of sp³-hybridized carbons (Fsp3) is 0.556. The maximum atomic E-state index is 11.4. The summed E-state index contributed by atoms with van der Waals surface area (Å²) < 4.78 is 0. The van der Waals surface area contributed by atoms with Gasteiger partial charge >= 0.3 is 0 Å². The van der Waals surface area contributed by atoms with Gasteiger partial charge in [-0.2, -0.15) is 0 Å². The molecule has 1 aliphatic heterocycles. The molecule has 2 heterocycles. The third-order valence-electron chi connectivity index (χ3n) is 2.37. The van der Waals surface area contributed by atoms with E-state index in [0.29, 0.717) is 11.6 Å². The van der Waals surface area contributed by atoms with Gasteiger partial charge in [-0.3, -0.25) is 4.79 Å². The van der Waals surface area contributed by atoms with E-state index in [9.17, 15) is 4.79 Å². The number of anilines is 1. The van der Waals surface area contributed by atoms with Crippen LogP contribution < -0.4 is 10.5 Å². The van der Waals surface area contributed by atoms with Crippen LogP contribution in [0, 0.1) is 6.92 Å². The van der Waals surface area contributed by atoms with E-state index in [1.807, 2.05) is 0 Å². The molecule has 1 aromatic heterocycles. The zero-order valence-corrected chi connectivity index (χ0v) is 8.76. The van der Waals surface area contributed by atoms with E-state index in [-0.39, 0.29) is 10.6 Å². The Morgan fingerprint density at radius 1 is 1.43 bits per heavy atom. The Kier molecular flexibility index (Phi) is 2.46. The van der Waals surface area contributed by atoms with Crippen LogP contribution in [0.1, 0.15) is 18.7 Å². The lowest BCUT2D eigenvalue weighted by Gasteiger charge is -2.17. The molecule has 1 aliphatic rings. The van der Waals surface area contributed by atoms with Crippen molar-refractivity contribution in [3.8, 4) is 0 Å². The monoisotopic (exact) mass is 213 g/mol. The second-order valence-electron chi connectivity index (χ2n) is 3.48. The zero-order chi connectivity index (χ0) is 10.1. The van der Waals surface area contributed by atoms with Gasteiger partial charge in [0.1, 0.15) is 10.8 Å². The first-order chi connectivity index (χ1) is 6.68. The summed E-state index contributed by atoms with van der Waals surface area (Å²) in [4.78, 5) is 20.3. The van der Waals surface area contributed by atoms with Crippen molar-refractivity contribution in [2.75, 3.05) is 18.0 Å². The molecule has 0 saturated carbocycles. The average Bonchev–Trinajstić information content (AvgIpc) is 2.63.